The fraction of sp³-hybridized carbons (Fsp3) is 0.130. The molecule has 0 atom stereocenters. The first kappa shape index (κ1) is 20.4. The molecule has 0 radical (unpaired) electrons. The number of carbonyl (C=O) groups is 1. The van der Waals surface area contributed by atoms with E-state index in [1.807, 2.05) is 55.5 Å². The van der Waals surface area contributed by atoms with Crippen molar-refractivity contribution in [3.05, 3.63) is 77.7 Å². The first-order valence-corrected chi connectivity index (χ1v) is 9.85. The van der Waals surface area contributed by atoms with Crippen LogP contribution in [0.1, 0.15) is 10.4 Å². The Morgan fingerprint density at radius 1 is 1.14 bits per heavy atom. The number of rotatable bonds is 8. The SMILES string of the molecule is C=CCOc1ccc(/C=C/C(=O)Nc2nc(-c3ccc(OC)cc3)c(C)s2)cc1. The van der Waals surface area contributed by atoms with Gasteiger partial charge in [0.15, 0.2) is 5.13 Å². The lowest BCUT2D eigenvalue weighted by Gasteiger charge is -2.02. The monoisotopic (exact) mass is 406 g/mol. The Hall–Kier alpha value is -3.38. The van der Waals surface area contributed by atoms with E-state index in [2.05, 4.69) is 16.9 Å². The molecule has 2 aromatic carbocycles. The van der Waals surface area contributed by atoms with Crippen LogP contribution >= 0.6 is 11.3 Å². The lowest BCUT2D eigenvalue weighted by molar-refractivity contribution is -0.111. The zero-order chi connectivity index (χ0) is 20.6. The summed E-state index contributed by atoms with van der Waals surface area (Å²) in [5.74, 6) is 1.32. The van der Waals surface area contributed by atoms with E-state index >= 15 is 0 Å². The van der Waals surface area contributed by atoms with Crippen LogP contribution in [0, 0.1) is 6.92 Å². The van der Waals surface area contributed by atoms with Crippen LogP contribution in [0.3, 0.4) is 0 Å². The van der Waals surface area contributed by atoms with Gasteiger partial charge in [0.2, 0.25) is 5.91 Å². The highest BCUT2D eigenvalue weighted by Crippen LogP contribution is 2.31. The maximum Gasteiger partial charge on any atom is 0.250 e. The number of amides is 1. The summed E-state index contributed by atoms with van der Waals surface area (Å²) in [5, 5.41) is 3.39. The molecule has 0 spiro atoms. The van der Waals surface area contributed by atoms with Crippen LogP contribution in [0.2, 0.25) is 0 Å². The van der Waals surface area contributed by atoms with Gasteiger partial charge in [-0.25, -0.2) is 4.98 Å². The van der Waals surface area contributed by atoms with Gasteiger partial charge in [-0.1, -0.05) is 24.8 Å². The maximum atomic E-state index is 12.3. The first-order valence-electron chi connectivity index (χ1n) is 9.03. The molecule has 1 N–H and O–H groups in total. The van der Waals surface area contributed by atoms with Crippen molar-refractivity contribution in [2.75, 3.05) is 19.0 Å². The molecular formula is C23H22N2O3S. The molecule has 5 nitrogen and oxygen atoms in total. The molecule has 0 aliphatic carbocycles. The average molecular weight is 407 g/mol. The summed E-state index contributed by atoms with van der Waals surface area (Å²) in [6.45, 7) is 6.06. The first-order chi connectivity index (χ1) is 14.1. The van der Waals surface area contributed by atoms with E-state index in [1.165, 1.54) is 17.4 Å². The lowest BCUT2D eigenvalue weighted by Crippen LogP contribution is -2.07. The number of anilines is 1. The highest BCUT2D eigenvalue weighted by atomic mass is 32.1. The molecule has 0 bridgehead atoms. The summed E-state index contributed by atoms with van der Waals surface area (Å²) in [7, 11) is 1.63. The van der Waals surface area contributed by atoms with E-state index in [9.17, 15) is 4.79 Å². The second-order valence-corrected chi connectivity index (χ2v) is 7.35. The topological polar surface area (TPSA) is 60.5 Å². The smallest absolute Gasteiger partial charge is 0.250 e. The van der Waals surface area contributed by atoms with Crippen molar-refractivity contribution >= 4 is 28.5 Å². The van der Waals surface area contributed by atoms with Crippen LogP contribution in [-0.2, 0) is 4.79 Å². The van der Waals surface area contributed by atoms with E-state index in [4.69, 9.17) is 9.47 Å². The third-order valence-electron chi connectivity index (χ3n) is 4.07. The molecule has 148 valence electrons. The largest absolute Gasteiger partial charge is 0.497 e. The Kier molecular flexibility index (Phi) is 6.81. The molecule has 0 fully saturated rings. The second kappa shape index (κ2) is 9.71. The van der Waals surface area contributed by atoms with Gasteiger partial charge in [0.05, 0.1) is 12.8 Å². The number of nitrogens with one attached hydrogen (secondary N) is 1. The maximum absolute atomic E-state index is 12.3. The zero-order valence-corrected chi connectivity index (χ0v) is 17.2. The van der Waals surface area contributed by atoms with Crippen LogP contribution in [0.4, 0.5) is 5.13 Å². The molecule has 0 saturated carbocycles. The normalized spacial score (nSPS) is 10.7. The number of ether oxygens (including phenoxy) is 2. The van der Waals surface area contributed by atoms with Gasteiger partial charge in [-0.2, -0.15) is 0 Å². The summed E-state index contributed by atoms with van der Waals surface area (Å²) < 4.78 is 10.6. The Morgan fingerprint density at radius 3 is 2.48 bits per heavy atom. The van der Waals surface area contributed by atoms with Crippen LogP contribution in [-0.4, -0.2) is 24.6 Å². The van der Waals surface area contributed by atoms with Gasteiger partial charge in [-0.3, -0.25) is 10.1 Å². The molecule has 1 amide bonds. The average Bonchev–Trinajstić information content (AvgIpc) is 3.11. The van der Waals surface area contributed by atoms with Crippen molar-refractivity contribution < 1.29 is 14.3 Å². The van der Waals surface area contributed by atoms with E-state index in [0.29, 0.717) is 11.7 Å². The molecule has 0 aliphatic rings. The number of methoxy groups -OCH3 is 1. The van der Waals surface area contributed by atoms with Crippen LogP contribution in [0.15, 0.2) is 67.3 Å². The number of carbonyl (C=O) groups excluding carboxylic acids is 1. The van der Waals surface area contributed by atoms with Crippen molar-refractivity contribution in [3.8, 4) is 22.8 Å². The number of thiazole rings is 1. The fourth-order valence-corrected chi connectivity index (χ4v) is 3.45. The number of hydrogen-bond donors (Lipinski definition) is 1. The summed E-state index contributed by atoms with van der Waals surface area (Å²) in [6, 6.07) is 15.2. The van der Waals surface area contributed by atoms with Gasteiger partial charge in [0.1, 0.15) is 18.1 Å². The van der Waals surface area contributed by atoms with Crippen LogP contribution < -0.4 is 14.8 Å². The molecule has 6 heteroatoms. The molecule has 0 aliphatic heterocycles. The van der Waals surface area contributed by atoms with Crippen molar-refractivity contribution in [1.29, 1.82) is 0 Å². The second-order valence-electron chi connectivity index (χ2n) is 6.14. The number of nitrogens with zero attached hydrogens (tertiary/aromatic N) is 1. The van der Waals surface area contributed by atoms with Crippen LogP contribution in [0.5, 0.6) is 11.5 Å². The Morgan fingerprint density at radius 2 is 1.83 bits per heavy atom. The minimum absolute atomic E-state index is 0.230. The van der Waals surface area contributed by atoms with Gasteiger partial charge in [0, 0.05) is 16.5 Å². The molecule has 3 rings (SSSR count). The van der Waals surface area contributed by atoms with E-state index in [-0.39, 0.29) is 5.91 Å². The minimum Gasteiger partial charge on any atom is -0.497 e. The van der Waals surface area contributed by atoms with Crippen molar-refractivity contribution in [1.82, 2.24) is 4.98 Å². The highest BCUT2D eigenvalue weighted by molar-refractivity contribution is 7.16. The predicted octanol–water partition coefficient (Wildman–Crippen LogP) is 5.34. The third kappa shape index (κ3) is 5.56. The number of aryl methyl sites for hydroxylation is 1. The molecule has 0 unspecified atom stereocenters. The van der Waals surface area contributed by atoms with Crippen LogP contribution in [0.25, 0.3) is 17.3 Å². The molecule has 1 heterocycles. The van der Waals surface area contributed by atoms with Gasteiger partial charge < -0.3 is 9.47 Å². The summed E-state index contributed by atoms with van der Waals surface area (Å²) in [4.78, 5) is 17.8. The van der Waals surface area contributed by atoms with Gasteiger partial charge >= 0.3 is 0 Å². The number of benzene rings is 2. The standard InChI is InChI=1S/C23H22N2O3S/c1-4-15-28-20-10-5-17(6-11-20)7-14-21(26)24-23-25-22(16(2)29-23)18-8-12-19(27-3)13-9-18/h4-14H,1,15H2,2-3H3,(H,24,25,26)/b14-7+. The number of aromatic nitrogens is 1. The zero-order valence-electron chi connectivity index (χ0n) is 16.3. The highest BCUT2D eigenvalue weighted by Gasteiger charge is 2.11. The summed E-state index contributed by atoms with van der Waals surface area (Å²) in [6.07, 6.45) is 4.93. The van der Waals surface area contributed by atoms with Crippen molar-refractivity contribution in [2.45, 2.75) is 6.92 Å². The van der Waals surface area contributed by atoms with Crippen molar-refractivity contribution in [2.24, 2.45) is 0 Å². The predicted molar refractivity (Wildman–Crippen MR) is 119 cm³/mol. The number of hydrogen-bond acceptors (Lipinski definition) is 5. The lowest BCUT2D eigenvalue weighted by atomic mass is 10.1. The summed E-state index contributed by atoms with van der Waals surface area (Å²) in [5.41, 5.74) is 2.74. The molecule has 0 saturated heterocycles. The quantitative estimate of drug-likeness (QED) is 0.405. The van der Waals surface area contributed by atoms with Gasteiger partial charge in [0.25, 0.3) is 0 Å². The van der Waals surface area contributed by atoms with E-state index in [1.54, 1.807) is 19.3 Å². The van der Waals surface area contributed by atoms with Gasteiger partial charge in [-0.15, -0.1) is 11.3 Å². The molecule has 1 aromatic heterocycles. The fourth-order valence-electron chi connectivity index (χ4n) is 2.62. The van der Waals surface area contributed by atoms with E-state index in [0.717, 1.165) is 33.2 Å². The van der Waals surface area contributed by atoms with Crippen molar-refractivity contribution in [3.63, 3.8) is 0 Å². The van der Waals surface area contributed by atoms with Gasteiger partial charge in [-0.05, 0) is 55.0 Å². The molecular weight excluding hydrogens is 384 g/mol. The van der Waals surface area contributed by atoms with E-state index < -0.39 is 0 Å². The minimum atomic E-state index is -0.230. The Labute approximate surface area is 174 Å². The summed E-state index contributed by atoms with van der Waals surface area (Å²) >= 11 is 1.45. The molecule has 29 heavy (non-hydrogen) atoms. The molecule has 3 aromatic rings. The third-order valence-corrected chi connectivity index (χ3v) is 4.95. The Balaban J connectivity index is 1.63. The Bertz CT molecular complexity index is 1010.